The van der Waals surface area contributed by atoms with Gasteiger partial charge in [0, 0.05) is 24.5 Å². The first-order chi connectivity index (χ1) is 8.95. The van der Waals surface area contributed by atoms with E-state index in [0.29, 0.717) is 25.6 Å². The normalized spacial score (nSPS) is 17.4. The predicted molar refractivity (Wildman–Crippen MR) is 66.7 cm³/mol. The second-order valence-electron chi connectivity index (χ2n) is 4.41. The van der Waals surface area contributed by atoms with Gasteiger partial charge in [-0.25, -0.2) is 0 Å². The first-order valence-electron chi connectivity index (χ1n) is 5.97. The van der Waals surface area contributed by atoms with E-state index in [1.165, 1.54) is 6.07 Å². The third-order valence-electron chi connectivity index (χ3n) is 2.89. The van der Waals surface area contributed by atoms with Gasteiger partial charge >= 0.3 is 6.18 Å². The van der Waals surface area contributed by atoms with E-state index in [0.717, 1.165) is 25.2 Å². The van der Waals surface area contributed by atoms with Crippen molar-refractivity contribution in [2.45, 2.75) is 6.18 Å². The standard InChI is InChI=1S/C12H16F3N3O/c13-12(14,15)9-5-10(16)7-11(6-9)17-8-18-1-3-19-4-2-18/h5-7,17H,1-4,8,16H2. The fourth-order valence-electron chi connectivity index (χ4n) is 1.88. The van der Waals surface area contributed by atoms with E-state index < -0.39 is 11.7 Å². The highest BCUT2D eigenvalue weighted by Gasteiger charge is 2.31. The number of hydrogen-bond acceptors (Lipinski definition) is 4. The molecule has 0 radical (unpaired) electrons. The minimum Gasteiger partial charge on any atom is -0.399 e. The number of benzene rings is 1. The molecule has 0 spiro atoms. The molecule has 0 saturated carbocycles. The van der Waals surface area contributed by atoms with E-state index in [-0.39, 0.29) is 5.69 Å². The fourth-order valence-corrected chi connectivity index (χ4v) is 1.88. The number of rotatable bonds is 3. The lowest BCUT2D eigenvalue weighted by atomic mass is 10.1. The van der Waals surface area contributed by atoms with Gasteiger partial charge in [-0.05, 0) is 18.2 Å². The quantitative estimate of drug-likeness (QED) is 0.828. The third kappa shape index (κ3) is 4.00. The first-order valence-corrected chi connectivity index (χ1v) is 5.97. The highest BCUT2D eigenvalue weighted by molar-refractivity contribution is 5.57. The van der Waals surface area contributed by atoms with Gasteiger partial charge in [0.2, 0.25) is 0 Å². The van der Waals surface area contributed by atoms with E-state index in [4.69, 9.17) is 10.5 Å². The zero-order valence-corrected chi connectivity index (χ0v) is 10.3. The molecule has 0 unspecified atom stereocenters. The molecule has 1 aromatic rings. The Kier molecular flexibility index (Phi) is 4.16. The van der Waals surface area contributed by atoms with Crippen molar-refractivity contribution in [3.8, 4) is 0 Å². The molecule has 2 rings (SSSR count). The van der Waals surface area contributed by atoms with Crippen molar-refractivity contribution in [2.75, 3.05) is 44.0 Å². The maximum atomic E-state index is 12.6. The van der Waals surface area contributed by atoms with Crippen LogP contribution in [0.5, 0.6) is 0 Å². The maximum Gasteiger partial charge on any atom is 0.416 e. The Bertz CT molecular complexity index is 431. The van der Waals surface area contributed by atoms with Crippen LogP contribution >= 0.6 is 0 Å². The molecule has 4 nitrogen and oxygen atoms in total. The van der Waals surface area contributed by atoms with Gasteiger partial charge in [-0.15, -0.1) is 0 Å². The Labute approximate surface area is 109 Å². The molecule has 1 fully saturated rings. The Morgan fingerprint density at radius 2 is 1.89 bits per heavy atom. The minimum absolute atomic E-state index is 0.0966. The van der Waals surface area contributed by atoms with E-state index in [1.807, 2.05) is 0 Å². The van der Waals surface area contributed by atoms with E-state index in [2.05, 4.69) is 10.2 Å². The molecule has 3 N–H and O–H groups in total. The number of anilines is 2. The van der Waals surface area contributed by atoms with Crippen LogP contribution in [-0.2, 0) is 10.9 Å². The summed E-state index contributed by atoms with van der Waals surface area (Å²) in [6, 6.07) is 3.49. The van der Waals surface area contributed by atoms with Gasteiger partial charge in [-0.3, -0.25) is 4.90 Å². The number of nitrogen functional groups attached to an aromatic ring is 1. The van der Waals surface area contributed by atoms with Crippen molar-refractivity contribution in [1.29, 1.82) is 0 Å². The molecule has 0 amide bonds. The van der Waals surface area contributed by atoms with E-state index in [9.17, 15) is 13.2 Å². The van der Waals surface area contributed by atoms with Crippen LogP contribution in [0.15, 0.2) is 18.2 Å². The highest BCUT2D eigenvalue weighted by atomic mass is 19.4. The van der Waals surface area contributed by atoms with Crippen LogP contribution in [0.25, 0.3) is 0 Å². The molecular formula is C12H16F3N3O. The summed E-state index contributed by atoms with van der Waals surface area (Å²) in [7, 11) is 0. The third-order valence-corrected chi connectivity index (χ3v) is 2.89. The summed E-state index contributed by atoms with van der Waals surface area (Å²) in [5, 5.41) is 2.96. The smallest absolute Gasteiger partial charge is 0.399 e. The second kappa shape index (κ2) is 5.66. The van der Waals surface area contributed by atoms with Crippen LogP contribution in [0.2, 0.25) is 0 Å². The summed E-state index contributed by atoms with van der Waals surface area (Å²) in [6.45, 7) is 3.30. The maximum absolute atomic E-state index is 12.6. The molecule has 19 heavy (non-hydrogen) atoms. The van der Waals surface area contributed by atoms with Gasteiger partial charge in [0.05, 0.1) is 25.4 Å². The molecule has 1 aliphatic heterocycles. The largest absolute Gasteiger partial charge is 0.416 e. The van der Waals surface area contributed by atoms with Crippen molar-refractivity contribution >= 4 is 11.4 Å². The topological polar surface area (TPSA) is 50.5 Å². The molecule has 0 bridgehead atoms. The molecule has 0 atom stereocenters. The average molecular weight is 275 g/mol. The van der Waals surface area contributed by atoms with Crippen molar-refractivity contribution in [3.05, 3.63) is 23.8 Å². The Morgan fingerprint density at radius 3 is 2.53 bits per heavy atom. The zero-order chi connectivity index (χ0) is 13.9. The SMILES string of the molecule is Nc1cc(NCN2CCOCC2)cc(C(F)(F)F)c1. The molecule has 1 heterocycles. The van der Waals surface area contributed by atoms with Crippen LogP contribution in [-0.4, -0.2) is 37.9 Å². The number of nitrogens with two attached hydrogens (primary N) is 1. The van der Waals surface area contributed by atoms with Gasteiger partial charge in [0.15, 0.2) is 0 Å². The van der Waals surface area contributed by atoms with Crippen LogP contribution in [0.4, 0.5) is 24.5 Å². The lowest BCUT2D eigenvalue weighted by Crippen LogP contribution is -2.39. The van der Waals surface area contributed by atoms with Crippen LogP contribution < -0.4 is 11.1 Å². The predicted octanol–water partition coefficient (Wildman–Crippen LogP) is 1.99. The van der Waals surface area contributed by atoms with Gasteiger partial charge in [-0.2, -0.15) is 13.2 Å². The van der Waals surface area contributed by atoms with Gasteiger partial charge in [-0.1, -0.05) is 0 Å². The molecule has 0 aromatic heterocycles. The molecule has 7 heteroatoms. The number of alkyl halides is 3. The average Bonchev–Trinajstić information content (AvgIpc) is 2.36. The number of hydrogen-bond donors (Lipinski definition) is 2. The second-order valence-corrected chi connectivity index (χ2v) is 4.41. The number of ether oxygens (including phenoxy) is 1. The summed E-state index contributed by atoms with van der Waals surface area (Å²) < 4.78 is 43.1. The van der Waals surface area contributed by atoms with Crippen molar-refractivity contribution < 1.29 is 17.9 Å². The minimum atomic E-state index is -4.38. The zero-order valence-electron chi connectivity index (χ0n) is 10.3. The lowest BCUT2D eigenvalue weighted by molar-refractivity contribution is -0.137. The van der Waals surface area contributed by atoms with Crippen LogP contribution in [0, 0.1) is 0 Å². The summed E-state index contributed by atoms with van der Waals surface area (Å²) in [4.78, 5) is 2.07. The summed E-state index contributed by atoms with van der Waals surface area (Å²) in [6.07, 6.45) is -4.38. The molecule has 106 valence electrons. The van der Waals surface area contributed by atoms with Crippen molar-refractivity contribution in [1.82, 2.24) is 4.90 Å². The molecule has 1 saturated heterocycles. The number of halogens is 3. The van der Waals surface area contributed by atoms with Gasteiger partial charge < -0.3 is 15.8 Å². The summed E-state index contributed by atoms with van der Waals surface area (Å²) >= 11 is 0. The highest BCUT2D eigenvalue weighted by Crippen LogP contribution is 2.32. The summed E-state index contributed by atoms with van der Waals surface area (Å²) in [5.74, 6) is 0. The van der Waals surface area contributed by atoms with E-state index in [1.54, 1.807) is 0 Å². The van der Waals surface area contributed by atoms with Gasteiger partial charge in [0.1, 0.15) is 0 Å². The Hall–Kier alpha value is -1.47. The Morgan fingerprint density at radius 1 is 1.21 bits per heavy atom. The first kappa shape index (κ1) is 14.0. The Balaban J connectivity index is 2.01. The van der Waals surface area contributed by atoms with E-state index >= 15 is 0 Å². The monoisotopic (exact) mass is 275 g/mol. The number of nitrogens with one attached hydrogen (secondary N) is 1. The van der Waals surface area contributed by atoms with Gasteiger partial charge in [0.25, 0.3) is 0 Å². The molecule has 1 aromatic carbocycles. The molecular weight excluding hydrogens is 259 g/mol. The lowest BCUT2D eigenvalue weighted by Gasteiger charge is -2.27. The number of morpholine rings is 1. The number of nitrogens with zero attached hydrogens (tertiary/aromatic N) is 1. The van der Waals surface area contributed by atoms with Crippen LogP contribution in [0.3, 0.4) is 0 Å². The van der Waals surface area contributed by atoms with Crippen molar-refractivity contribution in [2.24, 2.45) is 0 Å². The summed E-state index contributed by atoms with van der Waals surface area (Å²) in [5.41, 5.74) is 5.22. The fraction of sp³-hybridized carbons (Fsp3) is 0.500. The van der Waals surface area contributed by atoms with Crippen molar-refractivity contribution in [3.63, 3.8) is 0 Å². The molecule has 1 aliphatic rings. The molecule has 0 aliphatic carbocycles. The van der Waals surface area contributed by atoms with Crippen LogP contribution in [0.1, 0.15) is 5.56 Å².